The lowest BCUT2D eigenvalue weighted by molar-refractivity contribution is -0.612. The summed E-state index contributed by atoms with van der Waals surface area (Å²) in [5.74, 6) is -0.353. The fraction of sp³-hybridized carbons (Fsp3) is 0.400. The smallest absolute Gasteiger partial charge is 0.361 e. The molecule has 0 aliphatic carbocycles. The first kappa shape index (κ1) is 13.9. The molecule has 2 aromatic rings. The second kappa shape index (κ2) is 4.21. The van der Waals surface area contributed by atoms with E-state index in [4.69, 9.17) is 4.74 Å². The topological polar surface area (TPSA) is 62.0 Å². The van der Waals surface area contributed by atoms with Crippen molar-refractivity contribution in [3.8, 4) is 11.4 Å². The number of halogens is 1. The van der Waals surface area contributed by atoms with Crippen LogP contribution in [0.5, 0.6) is 0 Å². The van der Waals surface area contributed by atoms with E-state index in [2.05, 4.69) is 10.2 Å². The Balaban J connectivity index is 2.25. The Morgan fingerprint density at radius 2 is 1.86 bits per heavy atom. The van der Waals surface area contributed by atoms with Crippen LogP contribution in [0.3, 0.4) is 0 Å². The summed E-state index contributed by atoms with van der Waals surface area (Å²) in [6.45, 7) is 7.31. The van der Waals surface area contributed by atoms with Gasteiger partial charge in [0.2, 0.25) is 0 Å². The summed E-state index contributed by atoms with van der Waals surface area (Å²) in [4.78, 5) is 0. The van der Waals surface area contributed by atoms with Crippen LogP contribution in [0, 0.1) is 11.0 Å². The minimum absolute atomic E-state index is 0.0719. The van der Waals surface area contributed by atoms with Crippen LogP contribution in [0.25, 0.3) is 11.4 Å². The van der Waals surface area contributed by atoms with Gasteiger partial charge in [0.1, 0.15) is 17.0 Å². The van der Waals surface area contributed by atoms with Crippen molar-refractivity contribution in [3.05, 3.63) is 46.7 Å². The minimum atomic E-state index is -0.779. The highest BCUT2D eigenvalue weighted by atomic mass is 19.1. The summed E-state index contributed by atoms with van der Waals surface area (Å²) in [6, 6.07) is 5.74. The third kappa shape index (κ3) is 2.06. The standard InChI is InChI=1S/C15H16FN3O2/c1-14(2)11-12(15(3,4)21-14)19(20)13(18-17-11)9-6-5-7-10(16)8-9/h5-8H,1-4H3. The fourth-order valence-corrected chi connectivity index (χ4v) is 2.86. The van der Waals surface area contributed by atoms with Crippen molar-refractivity contribution in [3.63, 3.8) is 0 Å². The van der Waals surface area contributed by atoms with Crippen LogP contribution in [-0.2, 0) is 15.9 Å². The fourth-order valence-electron chi connectivity index (χ4n) is 2.86. The lowest BCUT2D eigenvalue weighted by atomic mass is 10.0. The number of hydrogen-bond acceptors (Lipinski definition) is 4. The lowest BCUT2D eigenvalue weighted by Gasteiger charge is -2.23. The molecule has 0 spiro atoms. The van der Waals surface area contributed by atoms with Gasteiger partial charge >= 0.3 is 5.82 Å². The predicted molar refractivity (Wildman–Crippen MR) is 73.5 cm³/mol. The molecular formula is C15H16FN3O2. The van der Waals surface area contributed by atoms with E-state index in [1.54, 1.807) is 6.07 Å². The number of ether oxygens (including phenoxy) is 1. The number of aromatic nitrogens is 3. The molecule has 0 unspecified atom stereocenters. The molecule has 2 heterocycles. The largest absolute Gasteiger partial charge is 0.710 e. The van der Waals surface area contributed by atoms with Gasteiger partial charge in [0.25, 0.3) is 0 Å². The van der Waals surface area contributed by atoms with Crippen molar-refractivity contribution in [2.75, 3.05) is 0 Å². The normalized spacial score (nSPS) is 18.5. The third-order valence-electron chi connectivity index (χ3n) is 3.60. The molecule has 6 heteroatoms. The van der Waals surface area contributed by atoms with Crippen LogP contribution in [0.2, 0.25) is 0 Å². The first-order valence-electron chi connectivity index (χ1n) is 6.70. The highest BCUT2D eigenvalue weighted by Crippen LogP contribution is 2.43. The summed E-state index contributed by atoms with van der Waals surface area (Å²) >= 11 is 0. The summed E-state index contributed by atoms with van der Waals surface area (Å²) in [5, 5.41) is 20.8. The van der Waals surface area contributed by atoms with Gasteiger partial charge in [-0.2, -0.15) is 0 Å². The Labute approximate surface area is 122 Å². The Morgan fingerprint density at radius 1 is 1.14 bits per heavy atom. The number of hydrogen-bond donors (Lipinski definition) is 0. The van der Waals surface area contributed by atoms with E-state index in [1.807, 2.05) is 27.7 Å². The molecule has 1 aromatic heterocycles. The second-order valence-electron chi connectivity index (χ2n) is 6.15. The van der Waals surface area contributed by atoms with Gasteiger partial charge < -0.3 is 9.94 Å². The molecule has 0 atom stereocenters. The van der Waals surface area contributed by atoms with E-state index in [9.17, 15) is 9.60 Å². The molecule has 110 valence electrons. The maximum absolute atomic E-state index is 13.3. The Hall–Kier alpha value is -2.08. The lowest BCUT2D eigenvalue weighted by Crippen LogP contribution is -2.42. The molecule has 1 aromatic carbocycles. The minimum Gasteiger partial charge on any atom is -0.710 e. The molecular weight excluding hydrogens is 273 g/mol. The summed E-state index contributed by atoms with van der Waals surface area (Å²) in [7, 11) is 0. The maximum Gasteiger partial charge on any atom is 0.361 e. The number of nitrogens with zero attached hydrogens (tertiary/aromatic N) is 3. The molecule has 0 bridgehead atoms. The Bertz CT molecular complexity index is 729. The van der Waals surface area contributed by atoms with Gasteiger partial charge in [-0.3, -0.25) is 0 Å². The van der Waals surface area contributed by atoms with Crippen LogP contribution in [-0.4, -0.2) is 10.2 Å². The maximum atomic E-state index is 13.3. The molecule has 0 fully saturated rings. The van der Waals surface area contributed by atoms with E-state index in [-0.39, 0.29) is 5.82 Å². The molecule has 5 nitrogen and oxygen atoms in total. The molecule has 0 radical (unpaired) electrons. The monoisotopic (exact) mass is 289 g/mol. The molecule has 1 aliphatic heterocycles. The average molecular weight is 289 g/mol. The zero-order valence-corrected chi connectivity index (χ0v) is 12.3. The number of benzene rings is 1. The highest BCUT2D eigenvalue weighted by molar-refractivity contribution is 5.51. The Morgan fingerprint density at radius 3 is 2.52 bits per heavy atom. The molecule has 1 aliphatic rings. The zero-order chi connectivity index (χ0) is 15.4. The van der Waals surface area contributed by atoms with Crippen LogP contribution in [0.4, 0.5) is 4.39 Å². The SMILES string of the molecule is CC1(C)OC(C)(C)c2c1nnc(-c1cccc(F)c1)[n+]2[O-]. The number of fused-ring (bicyclic) bond motifs is 1. The molecule has 0 amide bonds. The van der Waals surface area contributed by atoms with E-state index in [1.165, 1.54) is 18.2 Å². The first-order chi connectivity index (χ1) is 9.72. The summed E-state index contributed by atoms with van der Waals surface area (Å²) in [5.41, 5.74) is -0.137. The van der Waals surface area contributed by atoms with Gasteiger partial charge in [0.15, 0.2) is 11.4 Å². The van der Waals surface area contributed by atoms with Crippen LogP contribution in [0.15, 0.2) is 24.3 Å². The highest BCUT2D eigenvalue weighted by Gasteiger charge is 2.50. The van der Waals surface area contributed by atoms with E-state index in [0.29, 0.717) is 21.7 Å². The van der Waals surface area contributed by atoms with Crippen molar-refractivity contribution < 1.29 is 13.9 Å². The summed E-state index contributed by atoms with van der Waals surface area (Å²) in [6.07, 6.45) is 0. The van der Waals surface area contributed by atoms with Crippen molar-refractivity contribution in [1.29, 1.82) is 0 Å². The van der Waals surface area contributed by atoms with Gasteiger partial charge in [0, 0.05) is 0 Å². The molecule has 3 rings (SSSR count). The Kier molecular flexibility index (Phi) is 2.78. The quantitative estimate of drug-likeness (QED) is 0.597. The van der Waals surface area contributed by atoms with Crippen molar-refractivity contribution in [2.24, 2.45) is 0 Å². The van der Waals surface area contributed by atoms with E-state index < -0.39 is 17.0 Å². The van der Waals surface area contributed by atoms with Crippen molar-refractivity contribution in [1.82, 2.24) is 10.2 Å². The van der Waals surface area contributed by atoms with Gasteiger partial charge in [0.05, 0.1) is 10.7 Å². The number of rotatable bonds is 1. The average Bonchev–Trinajstić information content (AvgIpc) is 2.55. The zero-order valence-electron chi connectivity index (χ0n) is 12.3. The molecule has 0 saturated heterocycles. The van der Waals surface area contributed by atoms with Crippen molar-refractivity contribution >= 4 is 0 Å². The molecule has 0 N–H and O–H groups in total. The van der Waals surface area contributed by atoms with E-state index in [0.717, 1.165) is 0 Å². The van der Waals surface area contributed by atoms with E-state index >= 15 is 0 Å². The van der Waals surface area contributed by atoms with Gasteiger partial charge in [-0.1, -0.05) is 6.07 Å². The van der Waals surface area contributed by atoms with Gasteiger partial charge in [-0.25, -0.2) is 9.12 Å². The van der Waals surface area contributed by atoms with Gasteiger partial charge in [-0.05, 0) is 51.0 Å². The molecule has 0 saturated carbocycles. The summed E-state index contributed by atoms with van der Waals surface area (Å²) < 4.78 is 20.0. The third-order valence-corrected chi connectivity index (χ3v) is 3.60. The predicted octanol–water partition coefficient (Wildman–Crippen LogP) is 2.42. The van der Waals surface area contributed by atoms with Crippen LogP contribution < -0.4 is 4.73 Å². The second-order valence-corrected chi connectivity index (χ2v) is 6.15. The van der Waals surface area contributed by atoms with Crippen LogP contribution in [0.1, 0.15) is 39.1 Å². The first-order valence-corrected chi connectivity index (χ1v) is 6.70. The van der Waals surface area contributed by atoms with Crippen LogP contribution >= 0.6 is 0 Å². The molecule has 21 heavy (non-hydrogen) atoms. The van der Waals surface area contributed by atoms with Gasteiger partial charge in [-0.15, -0.1) is 0 Å². The van der Waals surface area contributed by atoms with Crippen molar-refractivity contribution in [2.45, 2.75) is 38.9 Å².